The molecule has 1 amide bonds. The van der Waals surface area contributed by atoms with Gasteiger partial charge in [-0.05, 0) is 18.2 Å². The fraction of sp³-hybridized carbons (Fsp3) is 0.0769. The smallest absolute Gasteiger partial charge is 0.244 e. The molecule has 0 unspecified atom stereocenters. The van der Waals surface area contributed by atoms with E-state index in [-0.39, 0.29) is 23.6 Å². The summed E-state index contributed by atoms with van der Waals surface area (Å²) in [7, 11) is 0. The second-order valence-electron chi connectivity index (χ2n) is 4.00. The summed E-state index contributed by atoms with van der Waals surface area (Å²) in [5.74, 6) is -0.765. The average molecular weight is 261 g/mol. The molecule has 0 radical (unpaired) electrons. The molecule has 1 aromatic carbocycles. The van der Waals surface area contributed by atoms with Crippen LogP contribution in [0.3, 0.4) is 0 Å². The van der Waals surface area contributed by atoms with Crippen molar-refractivity contribution in [3.8, 4) is 0 Å². The summed E-state index contributed by atoms with van der Waals surface area (Å²) in [6.07, 6.45) is 2.84. The Balaban J connectivity index is 2.05. The van der Waals surface area contributed by atoms with Gasteiger partial charge in [-0.3, -0.25) is 9.59 Å². The first kappa shape index (κ1) is 12.8. The van der Waals surface area contributed by atoms with Crippen molar-refractivity contribution in [1.82, 2.24) is 4.57 Å². The van der Waals surface area contributed by atoms with Crippen LogP contribution in [0, 0.1) is 5.82 Å². The Morgan fingerprint density at radius 2 is 2.16 bits per heavy atom. The van der Waals surface area contributed by atoms with Crippen molar-refractivity contribution in [2.45, 2.75) is 6.54 Å². The number of nitrogens with one attached hydrogen (secondary N) is 1. The fourth-order valence-corrected chi connectivity index (χ4v) is 1.58. The van der Waals surface area contributed by atoms with E-state index in [4.69, 9.17) is 5.73 Å². The molecule has 1 heterocycles. The number of hydrogen-bond donors (Lipinski definition) is 2. The number of carbonyl (C=O) groups excluding carboxylic acids is 1. The van der Waals surface area contributed by atoms with E-state index in [0.717, 1.165) is 0 Å². The number of rotatable bonds is 3. The van der Waals surface area contributed by atoms with Crippen molar-refractivity contribution >= 4 is 17.3 Å². The average Bonchev–Trinajstić information content (AvgIpc) is 2.34. The van der Waals surface area contributed by atoms with Crippen LogP contribution < -0.4 is 16.5 Å². The lowest BCUT2D eigenvalue weighted by molar-refractivity contribution is -0.116. The molecular formula is C13H12FN3O2. The molecule has 6 heteroatoms. The van der Waals surface area contributed by atoms with Gasteiger partial charge in [0, 0.05) is 24.1 Å². The molecule has 98 valence electrons. The molecule has 1 aromatic heterocycles. The van der Waals surface area contributed by atoms with E-state index in [1.54, 1.807) is 6.07 Å². The molecule has 0 spiro atoms. The monoisotopic (exact) mass is 261 g/mol. The standard InChI is InChI=1S/C13H12FN3O2/c14-9-2-1-3-10(6-9)16-13(19)8-17-5-4-12(18)11(15)7-17/h1-7H,8,15H2,(H,16,19). The fourth-order valence-electron chi connectivity index (χ4n) is 1.58. The molecule has 19 heavy (non-hydrogen) atoms. The number of amides is 1. The molecule has 0 aliphatic heterocycles. The van der Waals surface area contributed by atoms with Crippen molar-refractivity contribution in [2.24, 2.45) is 0 Å². The third-order valence-electron chi connectivity index (χ3n) is 2.44. The van der Waals surface area contributed by atoms with E-state index in [0.29, 0.717) is 5.69 Å². The number of nitrogens with zero attached hydrogens (tertiary/aromatic N) is 1. The van der Waals surface area contributed by atoms with E-state index < -0.39 is 5.82 Å². The van der Waals surface area contributed by atoms with Crippen LogP contribution >= 0.6 is 0 Å². The Morgan fingerprint density at radius 3 is 2.84 bits per heavy atom. The normalized spacial score (nSPS) is 10.2. The highest BCUT2D eigenvalue weighted by atomic mass is 19.1. The number of carbonyl (C=O) groups is 1. The Kier molecular flexibility index (Phi) is 3.61. The molecule has 5 nitrogen and oxygen atoms in total. The van der Waals surface area contributed by atoms with Crippen molar-refractivity contribution < 1.29 is 9.18 Å². The van der Waals surface area contributed by atoms with Crippen LogP contribution in [0.4, 0.5) is 15.8 Å². The molecule has 2 rings (SSSR count). The van der Waals surface area contributed by atoms with E-state index >= 15 is 0 Å². The summed E-state index contributed by atoms with van der Waals surface area (Å²) >= 11 is 0. The van der Waals surface area contributed by atoms with E-state index in [9.17, 15) is 14.0 Å². The number of halogens is 1. The van der Waals surface area contributed by atoms with Crippen LogP contribution in [-0.4, -0.2) is 10.5 Å². The largest absolute Gasteiger partial charge is 0.394 e. The second-order valence-corrected chi connectivity index (χ2v) is 4.00. The Bertz CT molecular complexity index is 667. The Morgan fingerprint density at radius 1 is 1.37 bits per heavy atom. The highest BCUT2D eigenvalue weighted by Gasteiger charge is 2.04. The molecule has 0 fully saturated rings. The number of nitrogens with two attached hydrogens (primary N) is 1. The van der Waals surface area contributed by atoms with Crippen molar-refractivity contribution in [3.05, 3.63) is 58.8 Å². The van der Waals surface area contributed by atoms with E-state index in [2.05, 4.69) is 5.32 Å². The molecule has 0 aliphatic rings. The van der Waals surface area contributed by atoms with Crippen molar-refractivity contribution in [2.75, 3.05) is 11.1 Å². The lowest BCUT2D eigenvalue weighted by Crippen LogP contribution is -2.20. The van der Waals surface area contributed by atoms with Gasteiger partial charge in [0.2, 0.25) is 11.3 Å². The summed E-state index contributed by atoms with van der Waals surface area (Å²) in [6.45, 7) is -0.0129. The van der Waals surface area contributed by atoms with Crippen LogP contribution in [0.25, 0.3) is 0 Å². The third kappa shape index (κ3) is 3.41. The Labute approximate surface area is 108 Å². The SMILES string of the molecule is Nc1cn(CC(=O)Nc2cccc(F)c2)ccc1=O. The minimum absolute atomic E-state index is 0.0129. The van der Waals surface area contributed by atoms with Crippen LogP contribution in [0.1, 0.15) is 0 Å². The summed E-state index contributed by atoms with van der Waals surface area (Å²) in [4.78, 5) is 22.8. The molecule has 0 saturated carbocycles. The van der Waals surface area contributed by atoms with Gasteiger partial charge in [-0.15, -0.1) is 0 Å². The molecule has 0 atom stereocenters. The topological polar surface area (TPSA) is 77.1 Å². The maximum absolute atomic E-state index is 12.9. The molecule has 0 saturated heterocycles. The zero-order valence-electron chi connectivity index (χ0n) is 9.97. The van der Waals surface area contributed by atoms with Gasteiger partial charge in [0.15, 0.2) is 0 Å². The summed E-state index contributed by atoms with van der Waals surface area (Å²) in [6, 6.07) is 6.88. The van der Waals surface area contributed by atoms with Crippen LogP contribution in [-0.2, 0) is 11.3 Å². The summed E-state index contributed by atoms with van der Waals surface area (Å²) < 4.78 is 14.4. The van der Waals surface area contributed by atoms with E-state index in [1.807, 2.05) is 0 Å². The quantitative estimate of drug-likeness (QED) is 0.871. The number of anilines is 2. The van der Waals surface area contributed by atoms with Gasteiger partial charge in [0.1, 0.15) is 12.4 Å². The predicted molar refractivity (Wildman–Crippen MR) is 70.1 cm³/mol. The second kappa shape index (κ2) is 5.34. The van der Waals surface area contributed by atoms with Crippen LogP contribution in [0.2, 0.25) is 0 Å². The predicted octanol–water partition coefficient (Wildman–Crippen LogP) is 1.21. The maximum Gasteiger partial charge on any atom is 0.244 e. The lowest BCUT2D eigenvalue weighted by atomic mass is 10.3. The molecular weight excluding hydrogens is 249 g/mol. The molecule has 2 aromatic rings. The number of benzene rings is 1. The minimum atomic E-state index is -0.426. The van der Waals surface area contributed by atoms with Crippen molar-refractivity contribution in [3.63, 3.8) is 0 Å². The maximum atomic E-state index is 12.9. The van der Waals surface area contributed by atoms with Gasteiger partial charge in [-0.25, -0.2) is 4.39 Å². The van der Waals surface area contributed by atoms with Crippen molar-refractivity contribution in [1.29, 1.82) is 0 Å². The highest BCUT2D eigenvalue weighted by Crippen LogP contribution is 2.09. The summed E-state index contributed by atoms with van der Waals surface area (Å²) in [5, 5.41) is 2.55. The highest BCUT2D eigenvalue weighted by molar-refractivity contribution is 5.90. The minimum Gasteiger partial charge on any atom is -0.394 e. The van der Waals surface area contributed by atoms with Gasteiger partial charge in [0.25, 0.3) is 0 Å². The first-order chi connectivity index (χ1) is 9.04. The molecule has 3 N–H and O–H groups in total. The van der Waals surface area contributed by atoms with Gasteiger partial charge in [-0.1, -0.05) is 6.07 Å². The molecule has 0 bridgehead atoms. The van der Waals surface area contributed by atoms with Gasteiger partial charge in [-0.2, -0.15) is 0 Å². The zero-order chi connectivity index (χ0) is 13.8. The zero-order valence-corrected chi connectivity index (χ0v) is 9.97. The van der Waals surface area contributed by atoms with Gasteiger partial charge in [0.05, 0.1) is 5.69 Å². The van der Waals surface area contributed by atoms with E-state index in [1.165, 1.54) is 41.2 Å². The first-order valence-corrected chi connectivity index (χ1v) is 5.55. The third-order valence-corrected chi connectivity index (χ3v) is 2.44. The number of pyridine rings is 1. The Hall–Kier alpha value is -2.63. The van der Waals surface area contributed by atoms with Crippen LogP contribution in [0.5, 0.6) is 0 Å². The number of aromatic nitrogens is 1. The molecule has 0 aliphatic carbocycles. The number of hydrogen-bond acceptors (Lipinski definition) is 3. The summed E-state index contributed by atoms with van der Waals surface area (Å²) in [5.41, 5.74) is 5.61. The van der Waals surface area contributed by atoms with Crippen LogP contribution in [0.15, 0.2) is 47.5 Å². The number of nitrogen functional groups attached to an aromatic ring is 1. The van der Waals surface area contributed by atoms with Gasteiger partial charge >= 0.3 is 0 Å². The lowest BCUT2D eigenvalue weighted by Gasteiger charge is -2.08. The first-order valence-electron chi connectivity index (χ1n) is 5.55. The van der Waals surface area contributed by atoms with Gasteiger partial charge < -0.3 is 15.6 Å².